The van der Waals surface area contributed by atoms with Gasteiger partial charge in [0, 0.05) is 0 Å². The van der Waals surface area contributed by atoms with Crippen molar-refractivity contribution in [2.75, 3.05) is 4.72 Å². The normalized spacial score (nSPS) is 12.3. The van der Waals surface area contributed by atoms with Crippen molar-refractivity contribution in [3.8, 4) is 0 Å². The van der Waals surface area contributed by atoms with Crippen LogP contribution in [0.2, 0.25) is 0 Å². The SMILES string of the molecule is Cc1cc(S(N)(=O)=O)cc(NS(=O)(=O)c2cnc[nH]2)c1C. The molecule has 1 aromatic carbocycles. The number of rotatable bonds is 4. The van der Waals surface area contributed by atoms with E-state index in [1.807, 2.05) is 0 Å². The maximum Gasteiger partial charge on any atom is 0.278 e. The summed E-state index contributed by atoms with van der Waals surface area (Å²) in [5.74, 6) is 0. The Hall–Kier alpha value is -1.91. The topological polar surface area (TPSA) is 135 Å². The van der Waals surface area contributed by atoms with Crippen molar-refractivity contribution in [2.24, 2.45) is 5.14 Å². The summed E-state index contributed by atoms with van der Waals surface area (Å²) in [6.45, 7) is 3.34. The van der Waals surface area contributed by atoms with E-state index in [9.17, 15) is 16.8 Å². The molecule has 1 aromatic heterocycles. The molecular weight excluding hydrogens is 316 g/mol. The molecule has 4 N–H and O–H groups in total. The second kappa shape index (κ2) is 5.13. The second-order valence-corrected chi connectivity index (χ2v) is 7.69. The third-order valence-electron chi connectivity index (χ3n) is 2.98. The van der Waals surface area contributed by atoms with Crippen LogP contribution in [0.3, 0.4) is 0 Å². The zero-order chi connectivity index (χ0) is 15.8. The zero-order valence-corrected chi connectivity index (χ0v) is 12.9. The van der Waals surface area contributed by atoms with Crippen LogP contribution >= 0.6 is 0 Å². The predicted molar refractivity (Wildman–Crippen MR) is 76.7 cm³/mol. The molecular formula is C11H14N4O4S2. The second-order valence-electron chi connectivity index (χ2n) is 4.48. The molecule has 21 heavy (non-hydrogen) atoms. The molecule has 10 heteroatoms. The number of sulfonamides is 2. The highest BCUT2D eigenvalue weighted by molar-refractivity contribution is 7.92. The van der Waals surface area contributed by atoms with E-state index in [-0.39, 0.29) is 15.6 Å². The van der Waals surface area contributed by atoms with Crippen molar-refractivity contribution in [1.82, 2.24) is 9.97 Å². The number of aromatic nitrogens is 2. The molecule has 8 nitrogen and oxygen atoms in total. The van der Waals surface area contributed by atoms with Gasteiger partial charge in [0.1, 0.15) is 0 Å². The first kappa shape index (κ1) is 15.5. The van der Waals surface area contributed by atoms with Crippen LogP contribution in [-0.4, -0.2) is 26.8 Å². The summed E-state index contributed by atoms with van der Waals surface area (Å²) in [5.41, 5.74) is 1.35. The highest BCUT2D eigenvalue weighted by Gasteiger charge is 2.19. The van der Waals surface area contributed by atoms with Gasteiger partial charge in [0.15, 0.2) is 5.03 Å². The van der Waals surface area contributed by atoms with Crippen LogP contribution in [0, 0.1) is 13.8 Å². The van der Waals surface area contributed by atoms with Crippen LogP contribution in [0.1, 0.15) is 11.1 Å². The molecule has 2 rings (SSSR count). The molecule has 0 amide bonds. The Labute approximate surface area is 122 Å². The Balaban J connectivity index is 2.53. The largest absolute Gasteiger partial charge is 0.334 e. The van der Waals surface area contributed by atoms with Gasteiger partial charge >= 0.3 is 0 Å². The molecule has 0 atom stereocenters. The van der Waals surface area contributed by atoms with E-state index in [1.54, 1.807) is 13.8 Å². The minimum atomic E-state index is -3.93. The molecule has 114 valence electrons. The highest BCUT2D eigenvalue weighted by atomic mass is 32.2. The van der Waals surface area contributed by atoms with Crippen molar-refractivity contribution in [3.63, 3.8) is 0 Å². The van der Waals surface area contributed by atoms with Gasteiger partial charge in [-0.15, -0.1) is 0 Å². The summed E-state index contributed by atoms with van der Waals surface area (Å²) >= 11 is 0. The number of nitrogens with zero attached hydrogens (tertiary/aromatic N) is 1. The molecule has 1 heterocycles. The van der Waals surface area contributed by atoms with Crippen LogP contribution < -0.4 is 9.86 Å². The van der Waals surface area contributed by atoms with Gasteiger partial charge in [0.25, 0.3) is 10.0 Å². The number of hydrogen-bond acceptors (Lipinski definition) is 5. The minimum Gasteiger partial charge on any atom is -0.334 e. The number of imidazole rings is 1. The average molecular weight is 330 g/mol. The lowest BCUT2D eigenvalue weighted by Gasteiger charge is -2.13. The molecule has 0 unspecified atom stereocenters. The van der Waals surface area contributed by atoms with E-state index < -0.39 is 20.0 Å². The molecule has 0 aliphatic heterocycles. The first-order valence-corrected chi connectivity index (χ1v) is 8.79. The van der Waals surface area contributed by atoms with Crippen molar-refractivity contribution in [2.45, 2.75) is 23.8 Å². The first-order chi connectivity index (χ1) is 9.61. The first-order valence-electron chi connectivity index (χ1n) is 5.76. The lowest BCUT2D eigenvalue weighted by molar-refractivity contribution is 0.595. The third-order valence-corrected chi connectivity index (χ3v) is 5.16. The average Bonchev–Trinajstić information content (AvgIpc) is 2.87. The van der Waals surface area contributed by atoms with E-state index in [4.69, 9.17) is 5.14 Å². The number of aryl methyl sites for hydroxylation is 1. The number of benzene rings is 1. The van der Waals surface area contributed by atoms with Gasteiger partial charge in [-0.25, -0.2) is 18.5 Å². The molecule has 0 saturated heterocycles. The fourth-order valence-corrected chi connectivity index (χ4v) is 3.33. The molecule has 0 fully saturated rings. The number of nitrogens with two attached hydrogens (primary N) is 1. The van der Waals surface area contributed by atoms with Gasteiger partial charge in [0.05, 0.1) is 23.1 Å². The van der Waals surface area contributed by atoms with Crippen LogP contribution in [0.15, 0.2) is 34.6 Å². The Kier molecular flexibility index (Phi) is 3.78. The fourth-order valence-electron chi connectivity index (χ4n) is 1.69. The van der Waals surface area contributed by atoms with E-state index >= 15 is 0 Å². The molecule has 0 aliphatic carbocycles. The van der Waals surface area contributed by atoms with Crippen molar-refractivity contribution in [3.05, 3.63) is 35.8 Å². The quantitative estimate of drug-likeness (QED) is 0.749. The maximum atomic E-state index is 12.1. The Bertz CT molecular complexity index is 871. The summed E-state index contributed by atoms with van der Waals surface area (Å²) in [5, 5.41) is 4.96. The number of primary sulfonamides is 1. The van der Waals surface area contributed by atoms with Crippen molar-refractivity contribution < 1.29 is 16.8 Å². The predicted octanol–water partition coefficient (Wildman–Crippen LogP) is 0.475. The summed E-state index contributed by atoms with van der Waals surface area (Å²) in [4.78, 5) is 5.95. The minimum absolute atomic E-state index is 0.124. The Morgan fingerprint density at radius 2 is 1.86 bits per heavy atom. The monoisotopic (exact) mass is 330 g/mol. The van der Waals surface area contributed by atoms with Gasteiger partial charge in [-0.05, 0) is 37.1 Å². The van der Waals surface area contributed by atoms with Crippen molar-refractivity contribution >= 4 is 25.7 Å². The van der Waals surface area contributed by atoms with E-state index in [0.29, 0.717) is 11.1 Å². The van der Waals surface area contributed by atoms with Crippen LogP contribution in [-0.2, 0) is 20.0 Å². The number of H-pyrrole nitrogens is 1. The van der Waals surface area contributed by atoms with E-state index in [0.717, 1.165) is 6.20 Å². The fraction of sp³-hybridized carbons (Fsp3) is 0.182. The maximum absolute atomic E-state index is 12.1. The van der Waals surface area contributed by atoms with E-state index in [2.05, 4.69) is 14.7 Å². The van der Waals surface area contributed by atoms with E-state index in [1.165, 1.54) is 18.5 Å². The number of nitrogens with one attached hydrogen (secondary N) is 2. The van der Waals surface area contributed by atoms with Gasteiger partial charge in [-0.1, -0.05) is 0 Å². The standard InChI is InChI=1S/C11H14N4O4S2/c1-7-3-9(20(12,16)17)4-10(8(7)2)15-21(18,19)11-5-13-6-14-11/h3-6,15H,1-2H3,(H,13,14)(H2,12,16,17). The lowest BCUT2D eigenvalue weighted by Crippen LogP contribution is -2.17. The molecule has 2 aromatic rings. The molecule has 0 spiro atoms. The summed E-state index contributed by atoms with van der Waals surface area (Å²) in [7, 11) is -7.80. The molecule has 0 aliphatic rings. The summed E-state index contributed by atoms with van der Waals surface area (Å²) < 4.78 is 49.4. The van der Waals surface area contributed by atoms with Crippen LogP contribution in [0.25, 0.3) is 0 Å². The number of aromatic amines is 1. The summed E-state index contributed by atoms with van der Waals surface area (Å²) in [6, 6.07) is 2.57. The molecule has 0 bridgehead atoms. The summed E-state index contributed by atoms with van der Waals surface area (Å²) in [6.07, 6.45) is 2.38. The van der Waals surface area contributed by atoms with Gasteiger partial charge < -0.3 is 4.98 Å². The smallest absolute Gasteiger partial charge is 0.278 e. The molecule has 0 saturated carbocycles. The van der Waals surface area contributed by atoms with Crippen LogP contribution in [0.4, 0.5) is 5.69 Å². The molecule has 0 radical (unpaired) electrons. The Morgan fingerprint density at radius 1 is 1.19 bits per heavy atom. The zero-order valence-electron chi connectivity index (χ0n) is 11.3. The van der Waals surface area contributed by atoms with Gasteiger partial charge in [0.2, 0.25) is 10.0 Å². The third kappa shape index (κ3) is 3.23. The highest BCUT2D eigenvalue weighted by Crippen LogP contribution is 2.25. The van der Waals surface area contributed by atoms with Crippen LogP contribution in [0.5, 0.6) is 0 Å². The van der Waals surface area contributed by atoms with Gasteiger partial charge in [-0.3, -0.25) is 4.72 Å². The van der Waals surface area contributed by atoms with Gasteiger partial charge in [-0.2, -0.15) is 8.42 Å². The number of anilines is 1. The number of hydrogen-bond donors (Lipinski definition) is 3. The Morgan fingerprint density at radius 3 is 2.38 bits per heavy atom. The van der Waals surface area contributed by atoms with Crippen molar-refractivity contribution in [1.29, 1.82) is 0 Å². The lowest BCUT2D eigenvalue weighted by atomic mass is 10.1.